The van der Waals surface area contributed by atoms with Crippen LogP contribution in [0.2, 0.25) is 5.02 Å². The maximum Gasteiger partial charge on any atom is 0.244 e. The summed E-state index contributed by atoms with van der Waals surface area (Å²) in [5.74, 6) is 4.45. The summed E-state index contributed by atoms with van der Waals surface area (Å²) in [6, 6.07) is 4.38. The van der Waals surface area contributed by atoms with Gasteiger partial charge in [-0.2, -0.15) is 0 Å². The van der Waals surface area contributed by atoms with Crippen LogP contribution in [0.3, 0.4) is 0 Å². The van der Waals surface area contributed by atoms with E-state index in [-0.39, 0.29) is 10.9 Å². The predicted octanol–water partition coefficient (Wildman–Crippen LogP) is 1.89. The number of carbonyl (C=O) groups excluding carboxylic acids is 1. The van der Waals surface area contributed by atoms with E-state index in [1.807, 2.05) is 0 Å². The van der Waals surface area contributed by atoms with Crippen LogP contribution in [0.5, 0.6) is 0 Å². The van der Waals surface area contributed by atoms with Crippen LogP contribution >= 0.6 is 11.6 Å². The quantitative estimate of drug-likeness (QED) is 0.473. The second-order valence-electron chi connectivity index (χ2n) is 4.04. The van der Waals surface area contributed by atoms with Gasteiger partial charge in [0.25, 0.3) is 0 Å². The number of amides is 1. The standard InChI is InChI=1S/C11H12ClFN2O/c12-8-6-7(2-3-9(8)13)11(4-1-5-11)10(16)15-14/h2-3,6H,1,4-5,14H2,(H,15,16). The van der Waals surface area contributed by atoms with E-state index >= 15 is 0 Å². The number of nitrogens with one attached hydrogen (secondary N) is 1. The monoisotopic (exact) mass is 242 g/mol. The fraction of sp³-hybridized carbons (Fsp3) is 0.364. The Kier molecular flexibility index (Phi) is 2.86. The van der Waals surface area contributed by atoms with E-state index in [4.69, 9.17) is 17.4 Å². The van der Waals surface area contributed by atoms with E-state index in [1.54, 1.807) is 6.07 Å². The molecule has 1 amide bonds. The zero-order chi connectivity index (χ0) is 11.8. The minimum atomic E-state index is -0.619. The minimum absolute atomic E-state index is 0.0357. The average Bonchev–Trinajstić information content (AvgIpc) is 2.21. The number of hydrogen-bond acceptors (Lipinski definition) is 2. The van der Waals surface area contributed by atoms with Gasteiger partial charge >= 0.3 is 0 Å². The van der Waals surface area contributed by atoms with Crippen molar-refractivity contribution in [2.75, 3.05) is 0 Å². The van der Waals surface area contributed by atoms with Crippen LogP contribution in [0, 0.1) is 5.82 Å². The van der Waals surface area contributed by atoms with Crippen molar-refractivity contribution in [2.24, 2.45) is 5.84 Å². The Morgan fingerprint density at radius 1 is 1.50 bits per heavy atom. The summed E-state index contributed by atoms with van der Waals surface area (Å²) in [5.41, 5.74) is 2.28. The molecular weight excluding hydrogens is 231 g/mol. The molecule has 0 radical (unpaired) electrons. The van der Waals surface area contributed by atoms with E-state index in [0.717, 1.165) is 24.8 Å². The molecule has 1 aromatic rings. The number of rotatable bonds is 2. The Bertz CT molecular complexity index is 432. The fourth-order valence-corrected chi connectivity index (χ4v) is 2.29. The largest absolute Gasteiger partial charge is 0.293 e. The molecule has 86 valence electrons. The summed E-state index contributed by atoms with van der Waals surface area (Å²) in [4.78, 5) is 11.7. The zero-order valence-corrected chi connectivity index (χ0v) is 9.35. The zero-order valence-electron chi connectivity index (χ0n) is 8.59. The molecule has 16 heavy (non-hydrogen) atoms. The molecule has 1 aliphatic rings. The van der Waals surface area contributed by atoms with Gasteiger partial charge in [-0.1, -0.05) is 24.1 Å². The number of hydrogen-bond donors (Lipinski definition) is 2. The van der Waals surface area contributed by atoms with Gasteiger partial charge in [0, 0.05) is 0 Å². The van der Waals surface area contributed by atoms with Gasteiger partial charge in [0.2, 0.25) is 5.91 Å². The maximum absolute atomic E-state index is 13.0. The van der Waals surface area contributed by atoms with Crippen molar-refractivity contribution in [3.05, 3.63) is 34.6 Å². The third kappa shape index (κ3) is 1.58. The molecule has 1 aliphatic carbocycles. The molecule has 0 aromatic heterocycles. The molecule has 0 spiro atoms. The molecule has 0 saturated heterocycles. The second-order valence-corrected chi connectivity index (χ2v) is 4.45. The third-order valence-electron chi connectivity index (χ3n) is 3.25. The van der Waals surface area contributed by atoms with Crippen LogP contribution in [0.25, 0.3) is 0 Å². The van der Waals surface area contributed by atoms with Crippen molar-refractivity contribution in [3.63, 3.8) is 0 Å². The van der Waals surface area contributed by atoms with Gasteiger partial charge in [-0.15, -0.1) is 0 Å². The first-order valence-electron chi connectivity index (χ1n) is 5.07. The van der Waals surface area contributed by atoms with Crippen molar-refractivity contribution in [3.8, 4) is 0 Å². The summed E-state index contributed by atoms with van der Waals surface area (Å²) < 4.78 is 13.0. The first-order chi connectivity index (χ1) is 7.60. The first kappa shape index (κ1) is 11.4. The Morgan fingerprint density at radius 2 is 2.19 bits per heavy atom. The van der Waals surface area contributed by atoms with Gasteiger partial charge in [0.05, 0.1) is 10.4 Å². The molecule has 0 aliphatic heterocycles. The summed E-state index contributed by atoms with van der Waals surface area (Å²) in [6.45, 7) is 0. The van der Waals surface area contributed by atoms with E-state index in [2.05, 4.69) is 5.43 Å². The van der Waals surface area contributed by atoms with Crippen molar-refractivity contribution >= 4 is 17.5 Å². The van der Waals surface area contributed by atoms with Crippen LogP contribution in [0.4, 0.5) is 4.39 Å². The second kappa shape index (κ2) is 4.03. The number of carbonyl (C=O) groups is 1. The molecule has 2 rings (SSSR count). The van der Waals surface area contributed by atoms with Crippen molar-refractivity contribution in [1.82, 2.24) is 5.43 Å². The third-order valence-corrected chi connectivity index (χ3v) is 3.53. The van der Waals surface area contributed by atoms with Gasteiger partial charge in [-0.3, -0.25) is 10.2 Å². The minimum Gasteiger partial charge on any atom is -0.293 e. The first-order valence-corrected chi connectivity index (χ1v) is 5.44. The van der Waals surface area contributed by atoms with Crippen LogP contribution in [-0.2, 0) is 10.2 Å². The number of nitrogens with two attached hydrogens (primary N) is 1. The van der Waals surface area contributed by atoms with Crippen LogP contribution in [0.1, 0.15) is 24.8 Å². The molecular formula is C11H12ClFN2O. The number of hydrazine groups is 1. The van der Waals surface area contributed by atoms with E-state index in [1.165, 1.54) is 12.1 Å². The van der Waals surface area contributed by atoms with Crippen molar-refractivity contribution in [2.45, 2.75) is 24.7 Å². The van der Waals surface area contributed by atoms with Crippen LogP contribution < -0.4 is 11.3 Å². The van der Waals surface area contributed by atoms with Crippen molar-refractivity contribution < 1.29 is 9.18 Å². The van der Waals surface area contributed by atoms with Gasteiger partial charge in [-0.25, -0.2) is 10.2 Å². The Hall–Kier alpha value is -1.13. The molecule has 1 fully saturated rings. The van der Waals surface area contributed by atoms with Crippen molar-refractivity contribution in [1.29, 1.82) is 0 Å². The topological polar surface area (TPSA) is 55.1 Å². The highest BCUT2D eigenvalue weighted by Crippen LogP contribution is 2.44. The van der Waals surface area contributed by atoms with E-state index in [0.29, 0.717) is 0 Å². The molecule has 3 N–H and O–H groups in total. The van der Waals surface area contributed by atoms with E-state index in [9.17, 15) is 9.18 Å². The molecule has 1 aromatic carbocycles. The molecule has 0 bridgehead atoms. The summed E-state index contributed by atoms with van der Waals surface area (Å²) >= 11 is 5.71. The Morgan fingerprint density at radius 3 is 2.62 bits per heavy atom. The average molecular weight is 243 g/mol. The molecule has 0 unspecified atom stereocenters. The lowest BCUT2D eigenvalue weighted by molar-refractivity contribution is -0.130. The smallest absolute Gasteiger partial charge is 0.244 e. The fourth-order valence-electron chi connectivity index (χ4n) is 2.11. The van der Waals surface area contributed by atoms with Gasteiger partial charge < -0.3 is 0 Å². The van der Waals surface area contributed by atoms with Gasteiger partial charge in [0.15, 0.2) is 0 Å². The lowest BCUT2D eigenvalue weighted by Crippen LogP contribution is -2.51. The highest BCUT2D eigenvalue weighted by atomic mass is 35.5. The predicted molar refractivity (Wildman–Crippen MR) is 59.3 cm³/mol. The van der Waals surface area contributed by atoms with Gasteiger partial charge in [0.1, 0.15) is 5.82 Å². The number of benzene rings is 1. The lowest BCUT2D eigenvalue weighted by atomic mass is 9.64. The summed E-state index contributed by atoms with van der Waals surface area (Å²) in [6.07, 6.45) is 2.40. The van der Waals surface area contributed by atoms with Gasteiger partial charge in [-0.05, 0) is 30.5 Å². The molecule has 5 heteroatoms. The molecule has 0 atom stereocenters. The summed E-state index contributed by atoms with van der Waals surface area (Å²) in [5, 5.41) is 0.0357. The Balaban J connectivity index is 2.41. The molecule has 1 saturated carbocycles. The van der Waals surface area contributed by atoms with Crippen LogP contribution in [-0.4, -0.2) is 5.91 Å². The highest BCUT2D eigenvalue weighted by molar-refractivity contribution is 6.30. The maximum atomic E-state index is 13.0. The highest BCUT2D eigenvalue weighted by Gasteiger charge is 2.45. The Labute approximate surface area is 97.7 Å². The number of halogens is 2. The lowest BCUT2D eigenvalue weighted by Gasteiger charge is -2.40. The van der Waals surface area contributed by atoms with Crippen LogP contribution in [0.15, 0.2) is 18.2 Å². The normalized spacial score (nSPS) is 17.7. The SMILES string of the molecule is NNC(=O)C1(c2ccc(F)c(Cl)c2)CCC1. The molecule has 0 heterocycles. The molecule has 3 nitrogen and oxygen atoms in total. The summed E-state index contributed by atoms with van der Waals surface area (Å²) in [7, 11) is 0. The van der Waals surface area contributed by atoms with E-state index < -0.39 is 11.2 Å².